The van der Waals surface area contributed by atoms with Gasteiger partial charge in [0.2, 0.25) is 5.91 Å². The number of likely N-dealkylation sites (tertiary alicyclic amines) is 1. The highest BCUT2D eigenvalue weighted by Crippen LogP contribution is 2.46. The fourth-order valence-electron chi connectivity index (χ4n) is 5.17. The van der Waals surface area contributed by atoms with Crippen LogP contribution in [0, 0.1) is 11.3 Å². The van der Waals surface area contributed by atoms with Crippen molar-refractivity contribution in [2.75, 3.05) is 13.1 Å². The van der Waals surface area contributed by atoms with Gasteiger partial charge in [-0.25, -0.2) is 4.79 Å². The van der Waals surface area contributed by atoms with Crippen LogP contribution < -0.4 is 21.2 Å². The third kappa shape index (κ3) is 6.78. The van der Waals surface area contributed by atoms with E-state index in [9.17, 15) is 19.6 Å². The van der Waals surface area contributed by atoms with Crippen LogP contribution in [0.1, 0.15) is 40.0 Å². The number of hydrogen-bond donors (Lipinski definition) is 1. The summed E-state index contributed by atoms with van der Waals surface area (Å²) in [5.41, 5.74) is -0.796. The number of rotatable bonds is 8. The second-order valence-electron chi connectivity index (χ2n) is 11.0. The summed E-state index contributed by atoms with van der Waals surface area (Å²) in [6.45, 7) is 2.64. The summed E-state index contributed by atoms with van der Waals surface area (Å²) in [5.74, 6) is -0.601. The predicted octanol–water partition coefficient (Wildman–Crippen LogP) is 4.15. The summed E-state index contributed by atoms with van der Waals surface area (Å²) in [7, 11) is 0. The molecule has 1 atom stereocenters. The normalized spacial score (nSPS) is 14.5. The van der Waals surface area contributed by atoms with Gasteiger partial charge < -0.3 is 15.0 Å². The summed E-state index contributed by atoms with van der Waals surface area (Å²) in [5, 5.41) is 16.1. The maximum absolute atomic E-state index is 14.7. The van der Waals surface area contributed by atoms with Crippen molar-refractivity contribution in [3.63, 3.8) is 0 Å². The van der Waals surface area contributed by atoms with Gasteiger partial charge in [-0.3, -0.25) is 9.59 Å². The molecule has 4 rings (SSSR count). The lowest BCUT2D eigenvalue weighted by Crippen LogP contribution is -2.54. The van der Waals surface area contributed by atoms with E-state index in [0.29, 0.717) is 13.0 Å². The zero-order valence-electron chi connectivity index (χ0n) is 23.7. The van der Waals surface area contributed by atoms with Crippen LogP contribution in [0.5, 0.6) is 0 Å². The molecule has 1 aliphatic rings. The lowest BCUT2D eigenvalue weighted by Gasteiger charge is -2.33. The number of ketones is 1. The molecule has 1 heterocycles. The molecule has 2 amide bonds. The van der Waals surface area contributed by atoms with E-state index in [4.69, 9.17) is 4.74 Å². The van der Waals surface area contributed by atoms with Crippen LogP contribution in [0.3, 0.4) is 0 Å². The molecule has 0 spiro atoms. The van der Waals surface area contributed by atoms with Crippen molar-refractivity contribution in [2.45, 2.75) is 51.7 Å². The van der Waals surface area contributed by atoms with Crippen molar-refractivity contribution in [2.24, 2.45) is 0 Å². The lowest BCUT2D eigenvalue weighted by molar-refractivity contribution is -0.134. The molecule has 0 saturated carbocycles. The summed E-state index contributed by atoms with van der Waals surface area (Å²) < 4.78 is 5.50. The first-order valence-corrected chi connectivity index (χ1v) is 15.6. The molecule has 7 nitrogen and oxygen atoms in total. The predicted molar refractivity (Wildman–Crippen MR) is 164 cm³/mol. The maximum Gasteiger partial charge on any atom is 0.408 e. The van der Waals surface area contributed by atoms with Crippen molar-refractivity contribution < 1.29 is 19.1 Å². The summed E-state index contributed by atoms with van der Waals surface area (Å²) in [6.07, 6.45) is 1.20. The van der Waals surface area contributed by atoms with Crippen LogP contribution >= 0.6 is 6.89 Å². The minimum absolute atomic E-state index is 0.0412. The average molecular weight is 570 g/mol. The quantitative estimate of drug-likeness (QED) is 0.411. The Hall–Kier alpha value is -4.14. The lowest BCUT2D eigenvalue weighted by atomic mass is 10.1. The number of Topliss-reactive ketones (excluding diaryl/α,β-unsaturated/α-hetero) is 1. The van der Waals surface area contributed by atoms with Crippen molar-refractivity contribution in [1.29, 1.82) is 5.26 Å². The molecule has 41 heavy (non-hydrogen) atoms. The van der Waals surface area contributed by atoms with E-state index >= 15 is 0 Å². The standard InChI is InChI=1S/C33H36N3O4P/c1-33(2,3)40-32(39)35-28(24-36-22-14-13-21-30(36)37)31(38)29(23-34)41(25-15-7-4-8-16-25,26-17-9-5-10-18-26)27-19-11-6-12-20-27/h4-12,15-20,28H,13-14,21-22,24H2,1-3H3,(H,35,39)/t28-/m0/s1. The number of nitrogens with zero attached hydrogens (tertiary/aromatic N) is 2. The number of carbonyl (C=O) groups excluding carboxylic acids is 3. The number of carbonyl (C=O) groups is 3. The maximum atomic E-state index is 14.7. The van der Waals surface area contributed by atoms with E-state index in [-0.39, 0.29) is 17.7 Å². The van der Waals surface area contributed by atoms with Gasteiger partial charge in [0, 0.05) is 19.5 Å². The molecule has 1 N–H and O–H groups in total. The first-order chi connectivity index (χ1) is 19.7. The Kier molecular flexibility index (Phi) is 9.47. The third-order valence-corrected chi connectivity index (χ3v) is 11.1. The van der Waals surface area contributed by atoms with Gasteiger partial charge in [0.05, 0.1) is 0 Å². The van der Waals surface area contributed by atoms with Gasteiger partial charge >= 0.3 is 6.09 Å². The third-order valence-electron chi connectivity index (χ3n) is 6.94. The highest BCUT2D eigenvalue weighted by Gasteiger charge is 2.38. The first-order valence-electron chi connectivity index (χ1n) is 13.8. The number of hydrogen-bond acceptors (Lipinski definition) is 5. The molecule has 0 radical (unpaired) electrons. The van der Waals surface area contributed by atoms with Crippen molar-refractivity contribution in [3.8, 4) is 6.07 Å². The molecule has 0 unspecified atom stereocenters. The Balaban J connectivity index is 1.98. The van der Waals surface area contributed by atoms with E-state index < -0.39 is 30.4 Å². The SMILES string of the molecule is CC(C)(C)OC(=O)N[C@@H](CN1CCCCC1=O)C(=O)C(C#N)=P(c1ccccc1)(c1ccccc1)c1ccccc1. The second-order valence-corrected chi connectivity index (χ2v) is 14.3. The minimum Gasteiger partial charge on any atom is -0.444 e. The van der Waals surface area contributed by atoms with Crippen LogP contribution in [0.2, 0.25) is 0 Å². The molecule has 3 aromatic rings. The molecule has 0 aromatic heterocycles. The molecule has 212 valence electrons. The molecular formula is C33H36N3O4P. The van der Waals surface area contributed by atoms with Gasteiger partial charge in [0.25, 0.3) is 0 Å². The van der Waals surface area contributed by atoms with E-state index in [0.717, 1.165) is 28.8 Å². The Morgan fingerprint density at radius 3 is 1.80 bits per heavy atom. The molecule has 3 aromatic carbocycles. The minimum atomic E-state index is -3.02. The smallest absolute Gasteiger partial charge is 0.408 e. The number of ether oxygens (including phenoxy) is 1. The Labute approximate surface area is 242 Å². The number of alkyl carbamates (subject to hydrolysis) is 1. The van der Waals surface area contributed by atoms with Crippen LogP contribution in [0.15, 0.2) is 91.0 Å². The molecule has 1 saturated heterocycles. The van der Waals surface area contributed by atoms with Gasteiger partial charge in [0.1, 0.15) is 23.0 Å². The number of amides is 2. The fourth-order valence-corrected chi connectivity index (χ4v) is 9.33. The van der Waals surface area contributed by atoms with E-state index in [1.165, 1.54) is 0 Å². The van der Waals surface area contributed by atoms with Crippen molar-refractivity contribution in [1.82, 2.24) is 10.2 Å². The largest absolute Gasteiger partial charge is 0.444 e. The number of benzene rings is 3. The van der Waals surface area contributed by atoms with E-state index in [1.54, 1.807) is 25.7 Å². The second kappa shape index (κ2) is 13.0. The Morgan fingerprint density at radius 2 is 1.39 bits per heavy atom. The van der Waals surface area contributed by atoms with Crippen LogP contribution in [0.25, 0.3) is 0 Å². The summed E-state index contributed by atoms with van der Waals surface area (Å²) in [6, 6.07) is 29.9. The van der Waals surface area contributed by atoms with Gasteiger partial charge in [-0.1, -0.05) is 91.0 Å². The van der Waals surface area contributed by atoms with Crippen molar-refractivity contribution >= 4 is 45.9 Å². The summed E-state index contributed by atoms with van der Waals surface area (Å²) >= 11 is 0. The van der Waals surface area contributed by atoms with Crippen LogP contribution in [0.4, 0.5) is 4.79 Å². The first kappa shape index (κ1) is 29.8. The number of piperidine rings is 1. The fraction of sp³-hybridized carbons (Fsp3) is 0.303. The molecular weight excluding hydrogens is 533 g/mol. The van der Waals surface area contributed by atoms with Crippen molar-refractivity contribution in [3.05, 3.63) is 91.0 Å². The van der Waals surface area contributed by atoms with Crippen LogP contribution in [-0.4, -0.2) is 52.7 Å². The Bertz CT molecular complexity index is 1370. The highest BCUT2D eigenvalue weighted by molar-refractivity contribution is 7.97. The average Bonchev–Trinajstić information content (AvgIpc) is 2.97. The van der Waals surface area contributed by atoms with E-state index in [1.807, 2.05) is 91.0 Å². The van der Waals surface area contributed by atoms with E-state index in [2.05, 4.69) is 11.4 Å². The van der Waals surface area contributed by atoms with Gasteiger partial charge in [-0.05, 0) is 56.4 Å². The monoisotopic (exact) mass is 569 g/mol. The summed E-state index contributed by atoms with van der Waals surface area (Å²) in [4.78, 5) is 42.1. The molecule has 1 aliphatic heterocycles. The zero-order valence-corrected chi connectivity index (χ0v) is 24.6. The zero-order chi connectivity index (χ0) is 29.5. The number of nitrogens with one attached hydrogen (secondary N) is 1. The molecule has 8 heteroatoms. The molecule has 0 bridgehead atoms. The van der Waals surface area contributed by atoms with Gasteiger partial charge in [0.15, 0.2) is 5.78 Å². The number of nitriles is 1. The highest BCUT2D eigenvalue weighted by atomic mass is 31.2. The van der Waals surface area contributed by atoms with Gasteiger partial charge in [-0.15, -0.1) is 0 Å². The topological polar surface area (TPSA) is 99.5 Å². The molecule has 0 aliphatic carbocycles. The van der Waals surface area contributed by atoms with Gasteiger partial charge in [-0.2, -0.15) is 5.26 Å². The molecule has 1 fully saturated rings. The Morgan fingerprint density at radius 1 is 0.902 bits per heavy atom. The van der Waals surface area contributed by atoms with Crippen LogP contribution in [-0.2, 0) is 14.3 Å².